The van der Waals surface area contributed by atoms with E-state index in [9.17, 15) is 4.79 Å². The fourth-order valence-electron chi connectivity index (χ4n) is 3.45. The van der Waals surface area contributed by atoms with E-state index in [-0.39, 0.29) is 5.78 Å². The van der Waals surface area contributed by atoms with Crippen molar-refractivity contribution in [2.75, 3.05) is 19.7 Å². The van der Waals surface area contributed by atoms with Crippen LogP contribution < -0.4 is 0 Å². The van der Waals surface area contributed by atoms with Crippen LogP contribution in [0, 0.1) is 0 Å². The van der Waals surface area contributed by atoms with E-state index in [0.29, 0.717) is 0 Å². The number of aliphatic hydroxyl groups excluding tert-OH is 1. The fraction of sp³-hybridized carbons (Fsp3) is 0.292. The normalized spacial score (nSPS) is 13.2. The summed E-state index contributed by atoms with van der Waals surface area (Å²) < 4.78 is 0. The molecule has 0 saturated heterocycles. The van der Waals surface area contributed by atoms with Gasteiger partial charge in [-0.1, -0.05) is 67.6 Å². The highest BCUT2D eigenvalue weighted by molar-refractivity contribution is 5.94. The van der Waals surface area contributed by atoms with Gasteiger partial charge in [-0.05, 0) is 53.3 Å². The lowest BCUT2D eigenvalue weighted by atomic mass is 10.0. The highest BCUT2D eigenvalue weighted by atomic mass is 16.3. The van der Waals surface area contributed by atoms with E-state index in [1.54, 1.807) is 6.08 Å². The number of hydrogen-bond acceptors (Lipinski definition) is 3. The third-order valence-corrected chi connectivity index (χ3v) is 5.08. The molecule has 1 aliphatic carbocycles. The second-order valence-electron chi connectivity index (χ2n) is 6.91. The molecule has 3 heteroatoms. The monoisotopic (exact) mass is 361 g/mol. The minimum atomic E-state index is -0.443. The molecule has 2 aromatic carbocycles. The van der Waals surface area contributed by atoms with Crippen molar-refractivity contribution in [1.29, 1.82) is 0 Å². The molecule has 0 heterocycles. The zero-order valence-electron chi connectivity index (χ0n) is 15.9. The van der Waals surface area contributed by atoms with E-state index in [0.717, 1.165) is 38.0 Å². The molecule has 3 nitrogen and oxygen atoms in total. The first-order chi connectivity index (χ1) is 13.2. The number of ketones is 1. The van der Waals surface area contributed by atoms with Gasteiger partial charge in [-0.2, -0.15) is 0 Å². The number of aliphatic hydroxyl groups is 1. The van der Waals surface area contributed by atoms with E-state index in [1.807, 2.05) is 12.1 Å². The van der Waals surface area contributed by atoms with Gasteiger partial charge in [-0.25, -0.2) is 0 Å². The molecule has 0 spiro atoms. The van der Waals surface area contributed by atoms with E-state index in [4.69, 9.17) is 5.11 Å². The lowest BCUT2D eigenvalue weighted by Gasteiger charge is -2.21. The molecule has 0 amide bonds. The van der Waals surface area contributed by atoms with Gasteiger partial charge in [0.1, 0.15) is 6.61 Å². The zero-order valence-corrected chi connectivity index (χ0v) is 15.9. The fourth-order valence-corrected chi connectivity index (χ4v) is 3.45. The lowest BCUT2D eigenvalue weighted by molar-refractivity contribution is -0.117. The van der Waals surface area contributed by atoms with Crippen LogP contribution in [0.3, 0.4) is 0 Å². The van der Waals surface area contributed by atoms with Crippen molar-refractivity contribution in [3.05, 3.63) is 82.9 Å². The number of benzene rings is 2. The first-order valence-corrected chi connectivity index (χ1v) is 9.60. The smallest absolute Gasteiger partial charge is 0.181 e. The van der Waals surface area contributed by atoms with Crippen LogP contribution in [-0.4, -0.2) is 35.5 Å². The maximum atomic E-state index is 11.1. The van der Waals surface area contributed by atoms with E-state index < -0.39 is 6.61 Å². The molecule has 0 atom stereocenters. The predicted molar refractivity (Wildman–Crippen MR) is 111 cm³/mol. The molecule has 0 fully saturated rings. The molecule has 0 unspecified atom stereocenters. The third-order valence-electron chi connectivity index (χ3n) is 5.08. The Morgan fingerprint density at radius 2 is 1.93 bits per heavy atom. The number of nitrogens with zero attached hydrogens (tertiary/aromatic N) is 1. The Labute approximate surface area is 161 Å². The van der Waals surface area contributed by atoms with Gasteiger partial charge in [0.25, 0.3) is 0 Å². The Hall–Kier alpha value is -2.49. The van der Waals surface area contributed by atoms with Crippen LogP contribution in [0.2, 0.25) is 0 Å². The quantitative estimate of drug-likeness (QED) is 0.683. The summed E-state index contributed by atoms with van der Waals surface area (Å²) >= 11 is 0. The van der Waals surface area contributed by atoms with E-state index in [1.165, 1.54) is 28.3 Å². The van der Waals surface area contributed by atoms with Gasteiger partial charge in [0, 0.05) is 13.1 Å². The molecule has 2 aromatic rings. The average Bonchev–Trinajstić information content (AvgIpc) is 3.13. The molecule has 3 rings (SSSR count). The molecular weight excluding hydrogens is 334 g/mol. The highest BCUT2D eigenvalue weighted by Gasteiger charge is 2.14. The van der Waals surface area contributed by atoms with Crippen molar-refractivity contribution in [3.8, 4) is 0 Å². The summed E-state index contributed by atoms with van der Waals surface area (Å²) in [5, 5.41) is 8.76. The first kappa shape index (κ1) is 19.3. The second-order valence-corrected chi connectivity index (χ2v) is 6.91. The summed E-state index contributed by atoms with van der Waals surface area (Å²) in [7, 11) is 0. The van der Waals surface area contributed by atoms with Crippen molar-refractivity contribution in [2.24, 2.45) is 0 Å². The minimum absolute atomic E-state index is 0.279. The topological polar surface area (TPSA) is 40.5 Å². The highest BCUT2D eigenvalue weighted by Crippen LogP contribution is 2.29. The summed E-state index contributed by atoms with van der Waals surface area (Å²) in [5.41, 5.74) is 6.57. The average molecular weight is 361 g/mol. The van der Waals surface area contributed by atoms with Gasteiger partial charge in [0.2, 0.25) is 0 Å². The molecular formula is C24H27NO2. The molecule has 0 bridgehead atoms. The van der Waals surface area contributed by atoms with E-state index >= 15 is 0 Å². The predicted octanol–water partition coefficient (Wildman–Crippen LogP) is 4.11. The summed E-state index contributed by atoms with van der Waals surface area (Å²) in [4.78, 5) is 13.6. The Balaban J connectivity index is 1.54. The molecule has 0 aromatic heterocycles. The molecule has 27 heavy (non-hydrogen) atoms. The molecule has 1 aliphatic rings. The molecule has 0 saturated carbocycles. The largest absolute Gasteiger partial charge is 0.388 e. The van der Waals surface area contributed by atoms with Crippen molar-refractivity contribution >= 4 is 17.4 Å². The maximum absolute atomic E-state index is 11.1. The van der Waals surface area contributed by atoms with Crippen LogP contribution in [0.1, 0.15) is 35.6 Å². The number of fused-ring (bicyclic) bond motifs is 1. The Morgan fingerprint density at radius 3 is 2.67 bits per heavy atom. The van der Waals surface area contributed by atoms with Gasteiger partial charge in [0.15, 0.2) is 5.78 Å². The Kier molecular flexibility index (Phi) is 6.74. The summed E-state index contributed by atoms with van der Waals surface area (Å²) in [5.74, 6) is -0.279. The van der Waals surface area contributed by atoms with Gasteiger partial charge in [-0.15, -0.1) is 0 Å². The molecule has 140 valence electrons. The van der Waals surface area contributed by atoms with Crippen LogP contribution in [0.4, 0.5) is 0 Å². The molecule has 0 aliphatic heterocycles. The summed E-state index contributed by atoms with van der Waals surface area (Å²) in [6.07, 6.45) is 7.66. The Bertz CT molecular complexity index is 834. The second kappa shape index (κ2) is 9.45. The SMILES string of the molecule is CCN(CCC1=CCc2ccccc21)Cc1ccc(/C=C/C(=O)CO)cc1. The van der Waals surface area contributed by atoms with Gasteiger partial charge in [0.05, 0.1) is 0 Å². The Morgan fingerprint density at radius 1 is 1.15 bits per heavy atom. The maximum Gasteiger partial charge on any atom is 0.181 e. The standard InChI is InChI=1S/C24H27NO2/c1-2-25(16-15-22-13-12-21-5-3-4-6-24(21)22)17-20-9-7-19(8-10-20)11-14-23(27)18-26/h3-11,13-14,26H,2,12,15-18H2,1H3/b14-11+. The van der Waals surface area contributed by atoms with Crippen LogP contribution in [-0.2, 0) is 17.8 Å². The van der Waals surface area contributed by atoms with Gasteiger partial charge >= 0.3 is 0 Å². The van der Waals surface area contributed by atoms with Crippen LogP contribution in [0.25, 0.3) is 11.6 Å². The van der Waals surface area contributed by atoms with Crippen molar-refractivity contribution in [3.63, 3.8) is 0 Å². The van der Waals surface area contributed by atoms with Gasteiger partial charge in [-0.3, -0.25) is 9.69 Å². The zero-order chi connectivity index (χ0) is 19.1. The van der Waals surface area contributed by atoms with Crippen molar-refractivity contribution in [1.82, 2.24) is 4.90 Å². The summed E-state index contributed by atoms with van der Waals surface area (Å²) in [6, 6.07) is 16.9. The minimum Gasteiger partial charge on any atom is -0.388 e. The van der Waals surface area contributed by atoms with E-state index in [2.05, 4.69) is 54.3 Å². The number of carbonyl (C=O) groups is 1. The van der Waals surface area contributed by atoms with Crippen molar-refractivity contribution < 1.29 is 9.90 Å². The number of carbonyl (C=O) groups excluding carboxylic acids is 1. The van der Waals surface area contributed by atoms with Gasteiger partial charge < -0.3 is 5.11 Å². The number of allylic oxidation sites excluding steroid dienone is 1. The molecule has 0 radical (unpaired) electrons. The van der Waals surface area contributed by atoms with Crippen LogP contribution >= 0.6 is 0 Å². The molecule has 1 N–H and O–H groups in total. The third kappa shape index (κ3) is 5.25. The van der Waals surface area contributed by atoms with Crippen molar-refractivity contribution in [2.45, 2.75) is 26.3 Å². The van der Waals surface area contributed by atoms with Crippen LogP contribution in [0.15, 0.2) is 60.7 Å². The van der Waals surface area contributed by atoms with Crippen LogP contribution in [0.5, 0.6) is 0 Å². The first-order valence-electron chi connectivity index (χ1n) is 9.60. The lowest BCUT2D eigenvalue weighted by Crippen LogP contribution is -2.24. The number of hydrogen-bond donors (Lipinski definition) is 1. The number of rotatable bonds is 9. The summed E-state index contributed by atoms with van der Waals surface area (Å²) in [6.45, 7) is 4.74.